The first-order valence-electron chi connectivity index (χ1n) is 4.87. The Hall–Kier alpha value is -1.24. The number of rotatable bonds is 0. The lowest BCUT2D eigenvalue weighted by Gasteiger charge is -2.20. The summed E-state index contributed by atoms with van der Waals surface area (Å²) in [6.45, 7) is 0. The molecule has 0 aromatic heterocycles. The first-order chi connectivity index (χ1) is 7.77. The molecule has 0 spiro atoms. The van der Waals surface area contributed by atoms with E-state index >= 15 is 0 Å². The van der Waals surface area contributed by atoms with Crippen LogP contribution in [0.4, 0.5) is 0 Å². The predicted molar refractivity (Wildman–Crippen MR) is 66.2 cm³/mol. The lowest BCUT2D eigenvalue weighted by molar-refractivity contribution is 0.513. The molecule has 16 heavy (non-hydrogen) atoms. The molecule has 0 aliphatic carbocycles. The summed E-state index contributed by atoms with van der Waals surface area (Å²) in [4.78, 5) is 0. The van der Waals surface area contributed by atoms with Crippen molar-refractivity contribution in [1.29, 1.82) is 0 Å². The van der Waals surface area contributed by atoms with Crippen LogP contribution in [-0.4, -0.2) is 0 Å². The molecular formula is C12H8ClO2P. The van der Waals surface area contributed by atoms with Crippen LogP contribution in [0.2, 0.25) is 5.02 Å². The molecule has 0 saturated heterocycles. The molecule has 80 valence electrons. The van der Waals surface area contributed by atoms with E-state index in [4.69, 9.17) is 16.1 Å². The molecule has 1 atom stereocenters. The molecule has 2 aromatic carbocycles. The first kappa shape index (κ1) is 9.95. The fourth-order valence-corrected chi connectivity index (χ4v) is 3.49. The van der Waals surface area contributed by atoms with E-state index in [1.54, 1.807) is 6.07 Å². The zero-order valence-corrected chi connectivity index (χ0v) is 9.99. The van der Waals surface area contributed by atoms with Gasteiger partial charge in [-0.3, -0.25) is 4.57 Å². The number of benzene rings is 2. The van der Waals surface area contributed by atoms with Gasteiger partial charge in [-0.05, 0) is 12.1 Å². The monoisotopic (exact) mass is 250 g/mol. The standard InChI is InChI=1S/C12H8ClO2P/c13-10-6-3-5-9-8-4-1-2-7-11(8)15-16(14)12(9)10/h1-7,16H. The third kappa shape index (κ3) is 1.38. The van der Waals surface area contributed by atoms with Gasteiger partial charge >= 0.3 is 0 Å². The van der Waals surface area contributed by atoms with E-state index in [1.807, 2.05) is 36.4 Å². The van der Waals surface area contributed by atoms with Crippen molar-refractivity contribution in [3.8, 4) is 16.9 Å². The minimum Gasteiger partial charge on any atom is -0.441 e. The molecule has 0 radical (unpaired) electrons. The van der Waals surface area contributed by atoms with Crippen LogP contribution in [0, 0.1) is 0 Å². The van der Waals surface area contributed by atoms with E-state index in [-0.39, 0.29) is 0 Å². The molecule has 2 nitrogen and oxygen atoms in total. The Morgan fingerprint density at radius 2 is 1.75 bits per heavy atom. The average Bonchev–Trinajstić information content (AvgIpc) is 2.29. The lowest BCUT2D eigenvalue weighted by Crippen LogP contribution is -2.11. The van der Waals surface area contributed by atoms with Gasteiger partial charge in [0, 0.05) is 11.1 Å². The maximum Gasteiger partial charge on any atom is 0.268 e. The molecule has 4 heteroatoms. The quantitative estimate of drug-likeness (QED) is 0.669. The molecule has 3 rings (SSSR count). The van der Waals surface area contributed by atoms with E-state index in [0.29, 0.717) is 16.1 Å². The first-order valence-corrected chi connectivity index (χ1v) is 6.57. The highest BCUT2D eigenvalue weighted by atomic mass is 35.5. The molecule has 2 aromatic rings. The number of fused-ring (bicyclic) bond motifs is 3. The highest BCUT2D eigenvalue weighted by molar-refractivity contribution is 7.49. The number of hydrogen-bond acceptors (Lipinski definition) is 2. The minimum absolute atomic E-state index is 0.510. The molecule has 0 N–H and O–H groups in total. The number of hydrogen-bond donors (Lipinski definition) is 0. The largest absolute Gasteiger partial charge is 0.441 e. The van der Waals surface area contributed by atoms with E-state index in [1.165, 1.54) is 0 Å². The third-order valence-corrected chi connectivity index (χ3v) is 4.42. The van der Waals surface area contributed by atoms with Gasteiger partial charge < -0.3 is 4.52 Å². The van der Waals surface area contributed by atoms with Crippen molar-refractivity contribution in [3.63, 3.8) is 0 Å². The second-order valence-electron chi connectivity index (χ2n) is 3.55. The van der Waals surface area contributed by atoms with E-state index < -0.39 is 8.03 Å². The SMILES string of the molecule is O=[PH]1Oc2ccccc2-c2cccc(Cl)c21. The van der Waals surface area contributed by atoms with E-state index in [9.17, 15) is 4.57 Å². The summed E-state index contributed by atoms with van der Waals surface area (Å²) in [5.74, 6) is 0.668. The molecule has 0 fully saturated rings. The van der Waals surface area contributed by atoms with Gasteiger partial charge in [-0.1, -0.05) is 41.9 Å². The van der Waals surface area contributed by atoms with Crippen LogP contribution in [0.5, 0.6) is 5.75 Å². The van der Waals surface area contributed by atoms with Crippen molar-refractivity contribution in [2.75, 3.05) is 0 Å². The minimum atomic E-state index is -2.27. The van der Waals surface area contributed by atoms with Gasteiger partial charge in [0.2, 0.25) is 0 Å². The Labute approximate surface area is 98.7 Å². The van der Waals surface area contributed by atoms with Crippen LogP contribution >= 0.6 is 19.6 Å². The summed E-state index contributed by atoms with van der Waals surface area (Å²) in [5, 5.41) is 1.14. The smallest absolute Gasteiger partial charge is 0.268 e. The van der Waals surface area contributed by atoms with Crippen LogP contribution in [0.15, 0.2) is 42.5 Å². The zero-order chi connectivity index (χ0) is 11.1. The Kier molecular flexibility index (Phi) is 2.27. The van der Waals surface area contributed by atoms with Gasteiger partial charge in [0.05, 0.1) is 10.3 Å². The normalized spacial score (nSPS) is 17.2. The summed E-state index contributed by atoms with van der Waals surface area (Å²) >= 11 is 6.05. The van der Waals surface area contributed by atoms with Crippen molar-refractivity contribution in [2.24, 2.45) is 0 Å². The van der Waals surface area contributed by atoms with Gasteiger partial charge in [-0.25, -0.2) is 0 Å². The molecule has 0 amide bonds. The van der Waals surface area contributed by atoms with Crippen molar-refractivity contribution in [2.45, 2.75) is 0 Å². The molecule has 0 bridgehead atoms. The zero-order valence-electron chi connectivity index (χ0n) is 8.24. The molecule has 1 aliphatic rings. The highest BCUT2D eigenvalue weighted by Crippen LogP contribution is 2.43. The topological polar surface area (TPSA) is 26.3 Å². The summed E-state index contributed by atoms with van der Waals surface area (Å²) in [5.41, 5.74) is 1.86. The van der Waals surface area contributed by atoms with Gasteiger partial charge in [-0.2, -0.15) is 0 Å². The summed E-state index contributed by atoms with van der Waals surface area (Å²) in [7, 11) is -2.27. The van der Waals surface area contributed by atoms with Crippen LogP contribution < -0.4 is 9.83 Å². The fourth-order valence-electron chi connectivity index (χ4n) is 1.89. The van der Waals surface area contributed by atoms with Gasteiger partial charge in [-0.15, -0.1) is 0 Å². The average molecular weight is 251 g/mol. The van der Waals surface area contributed by atoms with E-state index in [0.717, 1.165) is 11.1 Å². The third-order valence-electron chi connectivity index (χ3n) is 2.60. The molecule has 0 saturated carbocycles. The Morgan fingerprint density at radius 3 is 2.62 bits per heavy atom. The molecule has 1 unspecified atom stereocenters. The predicted octanol–water partition coefficient (Wildman–Crippen LogP) is 3.50. The fraction of sp³-hybridized carbons (Fsp3) is 0. The highest BCUT2D eigenvalue weighted by Gasteiger charge is 2.24. The number of halogens is 1. The van der Waals surface area contributed by atoms with E-state index in [2.05, 4.69) is 0 Å². The molecule has 1 aliphatic heterocycles. The Morgan fingerprint density at radius 1 is 1.00 bits per heavy atom. The van der Waals surface area contributed by atoms with Crippen LogP contribution in [-0.2, 0) is 4.57 Å². The van der Waals surface area contributed by atoms with Crippen molar-refractivity contribution in [1.82, 2.24) is 0 Å². The van der Waals surface area contributed by atoms with Crippen LogP contribution in [0.3, 0.4) is 0 Å². The second kappa shape index (κ2) is 3.65. The van der Waals surface area contributed by atoms with Crippen molar-refractivity contribution >= 4 is 24.9 Å². The number of para-hydroxylation sites is 1. The maximum absolute atomic E-state index is 11.9. The van der Waals surface area contributed by atoms with Crippen molar-refractivity contribution < 1.29 is 9.09 Å². The van der Waals surface area contributed by atoms with Gasteiger partial charge in [0.15, 0.2) is 0 Å². The summed E-state index contributed by atoms with van der Waals surface area (Å²) < 4.78 is 17.3. The molecule has 1 heterocycles. The Balaban J connectivity index is 2.37. The van der Waals surface area contributed by atoms with Crippen molar-refractivity contribution in [3.05, 3.63) is 47.5 Å². The maximum atomic E-state index is 11.9. The second-order valence-corrected chi connectivity index (χ2v) is 5.23. The van der Waals surface area contributed by atoms with Crippen LogP contribution in [0.1, 0.15) is 0 Å². The summed E-state index contributed by atoms with van der Waals surface area (Å²) in [6.07, 6.45) is 0. The summed E-state index contributed by atoms with van der Waals surface area (Å²) in [6, 6.07) is 13.1. The lowest BCUT2D eigenvalue weighted by atomic mass is 10.0. The van der Waals surface area contributed by atoms with Gasteiger partial charge in [0.1, 0.15) is 5.75 Å². The van der Waals surface area contributed by atoms with Crippen LogP contribution in [0.25, 0.3) is 11.1 Å². The molecular weight excluding hydrogens is 243 g/mol. The van der Waals surface area contributed by atoms with Gasteiger partial charge in [0.25, 0.3) is 8.03 Å². The Bertz CT molecular complexity index is 595.